The smallest absolute Gasteiger partial charge is 0.137 e. The Hall–Kier alpha value is -1.39. The highest BCUT2D eigenvalue weighted by Crippen LogP contribution is 2.19. The molecule has 3 heterocycles. The van der Waals surface area contributed by atoms with E-state index < -0.39 is 0 Å². The minimum atomic E-state index is 0.559. The van der Waals surface area contributed by atoms with E-state index in [1.807, 2.05) is 6.07 Å². The summed E-state index contributed by atoms with van der Waals surface area (Å²) in [6.45, 7) is 7.68. The first-order chi connectivity index (χ1) is 10.2. The van der Waals surface area contributed by atoms with Crippen LogP contribution in [0.25, 0.3) is 5.65 Å². The normalized spacial score (nSPS) is 20.4. The Balaban J connectivity index is 1.68. The molecule has 1 aliphatic rings. The van der Waals surface area contributed by atoms with E-state index >= 15 is 0 Å². The molecule has 0 aromatic carbocycles. The molecule has 0 saturated carbocycles. The van der Waals surface area contributed by atoms with Gasteiger partial charge in [0.1, 0.15) is 5.65 Å². The van der Waals surface area contributed by atoms with Crippen LogP contribution in [0.15, 0.2) is 30.6 Å². The van der Waals surface area contributed by atoms with Crippen LogP contribution < -0.4 is 5.32 Å². The van der Waals surface area contributed by atoms with Crippen molar-refractivity contribution in [3.63, 3.8) is 0 Å². The quantitative estimate of drug-likeness (QED) is 0.917. The molecule has 4 nitrogen and oxygen atoms in total. The third-order valence-electron chi connectivity index (χ3n) is 4.29. The molecule has 1 atom stereocenters. The fourth-order valence-corrected chi connectivity index (χ4v) is 3.14. The van der Waals surface area contributed by atoms with Crippen LogP contribution in [-0.2, 0) is 6.54 Å². The van der Waals surface area contributed by atoms with E-state index in [1.54, 1.807) is 0 Å². The van der Waals surface area contributed by atoms with Gasteiger partial charge in [0, 0.05) is 37.6 Å². The van der Waals surface area contributed by atoms with Gasteiger partial charge in [-0.3, -0.25) is 4.90 Å². The van der Waals surface area contributed by atoms with E-state index in [2.05, 4.69) is 53.0 Å². The van der Waals surface area contributed by atoms with Gasteiger partial charge < -0.3 is 9.72 Å². The van der Waals surface area contributed by atoms with E-state index in [0.717, 1.165) is 18.7 Å². The third kappa shape index (κ3) is 3.63. The van der Waals surface area contributed by atoms with Gasteiger partial charge in [0.25, 0.3) is 0 Å². The zero-order valence-electron chi connectivity index (χ0n) is 13.1. The maximum atomic E-state index is 4.74. The predicted molar refractivity (Wildman–Crippen MR) is 86.4 cm³/mol. The average molecular weight is 286 g/mol. The standard InChI is InChI=1S/C17H26N4/c1-14(2)18-11-16-7-3-5-9-20(16)12-15-13-21-10-6-4-8-17(21)19-15/h4,6,8,10,13-14,16,18H,3,5,7,9,11-12H2,1-2H3. The highest BCUT2D eigenvalue weighted by molar-refractivity contribution is 5.39. The number of pyridine rings is 1. The van der Waals surface area contributed by atoms with Crippen molar-refractivity contribution in [2.45, 2.75) is 51.7 Å². The summed E-state index contributed by atoms with van der Waals surface area (Å²) >= 11 is 0. The van der Waals surface area contributed by atoms with Gasteiger partial charge in [0.2, 0.25) is 0 Å². The Morgan fingerprint density at radius 2 is 2.24 bits per heavy atom. The van der Waals surface area contributed by atoms with Crippen LogP contribution in [0.5, 0.6) is 0 Å². The molecule has 2 aromatic heterocycles. The second-order valence-corrected chi connectivity index (χ2v) is 6.38. The first kappa shape index (κ1) is 14.5. The Labute approximate surface area is 127 Å². The van der Waals surface area contributed by atoms with E-state index in [1.165, 1.54) is 31.5 Å². The van der Waals surface area contributed by atoms with Crippen molar-refractivity contribution in [3.8, 4) is 0 Å². The highest BCUT2D eigenvalue weighted by Gasteiger charge is 2.23. The molecular formula is C17H26N4. The molecule has 0 spiro atoms. The monoisotopic (exact) mass is 286 g/mol. The Bertz CT molecular complexity index is 542. The lowest BCUT2D eigenvalue weighted by molar-refractivity contribution is 0.134. The van der Waals surface area contributed by atoms with E-state index in [9.17, 15) is 0 Å². The first-order valence-corrected chi connectivity index (χ1v) is 8.12. The predicted octanol–water partition coefficient (Wildman–Crippen LogP) is 2.69. The molecule has 114 valence electrons. The molecule has 0 radical (unpaired) electrons. The maximum absolute atomic E-state index is 4.74. The SMILES string of the molecule is CC(C)NCC1CCCCN1Cc1cn2ccccc2n1. The number of nitrogens with zero attached hydrogens (tertiary/aromatic N) is 3. The second kappa shape index (κ2) is 6.58. The Morgan fingerprint density at radius 3 is 3.05 bits per heavy atom. The molecule has 0 aliphatic carbocycles. The summed E-state index contributed by atoms with van der Waals surface area (Å²) < 4.78 is 2.11. The molecule has 4 heteroatoms. The summed E-state index contributed by atoms with van der Waals surface area (Å²) in [5.41, 5.74) is 2.22. The molecule has 2 aromatic rings. The molecule has 1 N–H and O–H groups in total. The molecule has 0 bridgehead atoms. The van der Waals surface area contributed by atoms with Gasteiger partial charge in [0.15, 0.2) is 0 Å². The van der Waals surface area contributed by atoms with Gasteiger partial charge in [-0.05, 0) is 31.5 Å². The van der Waals surface area contributed by atoms with Crippen molar-refractivity contribution in [2.75, 3.05) is 13.1 Å². The van der Waals surface area contributed by atoms with Crippen molar-refractivity contribution < 1.29 is 0 Å². The fourth-order valence-electron chi connectivity index (χ4n) is 3.14. The van der Waals surface area contributed by atoms with Crippen LogP contribution >= 0.6 is 0 Å². The number of hydrogen-bond donors (Lipinski definition) is 1. The van der Waals surface area contributed by atoms with Crippen LogP contribution in [0, 0.1) is 0 Å². The molecule has 1 saturated heterocycles. The summed E-state index contributed by atoms with van der Waals surface area (Å²) in [5, 5.41) is 3.59. The largest absolute Gasteiger partial charge is 0.313 e. The van der Waals surface area contributed by atoms with Gasteiger partial charge in [-0.1, -0.05) is 26.3 Å². The summed E-state index contributed by atoms with van der Waals surface area (Å²) in [6, 6.07) is 7.36. The summed E-state index contributed by atoms with van der Waals surface area (Å²) in [4.78, 5) is 7.34. The number of hydrogen-bond acceptors (Lipinski definition) is 3. The molecule has 21 heavy (non-hydrogen) atoms. The van der Waals surface area contributed by atoms with Crippen molar-refractivity contribution in [1.29, 1.82) is 0 Å². The minimum absolute atomic E-state index is 0.559. The molecule has 1 aliphatic heterocycles. The number of rotatable bonds is 5. The van der Waals surface area contributed by atoms with Gasteiger partial charge in [-0.2, -0.15) is 0 Å². The zero-order chi connectivity index (χ0) is 14.7. The van der Waals surface area contributed by atoms with Crippen LogP contribution in [0.2, 0.25) is 0 Å². The molecule has 0 amide bonds. The van der Waals surface area contributed by atoms with Gasteiger partial charge in [0.05, 0.1) is 5.69 Å². The number of fused-ring (bicyclic) bond motifs is 1. The number of likely N-dealkylation sites (tertiary alicyclic amines) is 1. The molecule has 1 unspecified atom stereocenters. The number of imidazole rings is 1. The van der Waals surface area contributed by atoms with Crippen molar-refractivity contribution in [3.05, 3.63) is 36.3 Å². The van der Waals surface area contributed by atoms with Gasteiger partial charge in [-0.25, -0.2) is 4.98 Å². The van der Waals surface area contributed by atoms with Crippen LogP contribution in [-0.4, -0.2) is 39.5 Å². The average Bonchev–Trinajstić information content (AvgIpc) is 2.88. The van der Waals surface area contributed by atoms with Crippen molar-refractivity contribution in [1.82, 2.24) is 19.6 Å². The van der Waals surface area contributed by atoms with E-state index in [0.29, 0.717) is 12.1 Å². The minimum Gasteiger partial charge on any atom is -0.313 e. The summed E-state index contributed by atoms with van der Waals surface area (Å²) in [7, 11) is 0. The lowest BCUT2D eigenvalue weighted by Crippen LogP contribution is -2.46. The molecule has 1 fully saturated rings. The molecule has 3 rings (SSSR count). The summed E-state index contributed by atoms with van der Waals surface area (Å²) in [6.07, 6.45) is 8.20. The fraction of sp³-hybridized carbons (Fsp3) is 0.588. The van der Waals surface area contributed by atoms with Crippen LogP contribution in [0.4, 0.5) is 0 Å². The summed E-state index contributed by atoms with van der Waals surface area (Å²) in [5.74, 6) is 0. The first-order valence-electron chi connectivity index (χ1n) is 8.12. The zero-order valence-corrected chi connectivity index (χ0v) is 13.1. The van der Waals surface area contributed by atoms with Gasteiger partial charge >= 0.3 is 0 Å². The van der Waals surface area contributed by atoms with Crippen molar-refractivity contribution in [2.24, 2.45) is 0 Å². The number of aromatic nitrogens is 2. The van der Waals surface area contributed by atoms with E-state index in [4.69, 9.17) is 4.98 Å². The van der Waals surface area contributed by atoms with Crippen LogP contribution in [0.3, 0.4) is 0 Å². The third-order valence-corrected chi connectivity index (χ3v) is 4.29. The maximum Gasteiger partial charge on any atom is 0.137 e. The Morgan fingerprint density at radius 1 is 1.33 bits per heavy atom. The van der Waals surface area contributed by atoms with E-state index in [-0.39, 0.29) is 0 Å². The highest BCUT2D eigenvalue weighted by atomic mass is 15.2. The van der Waals surface area contributed by atoms with Crippen molar-refractivity contribution >= 4 is 5.65 Å². The Kier molecular flexibility index (Phi) is 4.56. The molecular weight excluding hydrogens is 260 g/mol. The van der Waals surface area contributed by atoms with Gasteiger partial charge in [-0.15, -0.1) is 0 Å². The topological polar surface area (TPSA) is 32.6 Å². The lowest BCUT2D eigenvalue weighted by Gasteiger charge is -2.35. The van der Waals surface area contributed by atoms with Crippen LogP contribution in [0.1, 0.15) is 38.8 Å². The number of nitrogens with one attached hydrogen (secondary N) is 1. The number of piperidine rings is 1. The lowest BCUT2D eigenvalue weighted by atomic mass is 10.0. The second-order valence-electron chi connectivity index (χ2n) is 6.38.